The fraction of sp³-hybridized carbons (Fsp3) is 0.700. The summed E-state index contributed by atoms with van der Waals surface area (Å²) in [6.07, 6.45) is 0. The van der Waals surface area contributed by atoms with Crippen LogP contribution in [0.2, 0.25) is 0 Å². The predicted octanol–water partition coefficient (Wildman–Crippen LogP) is 2.75. The van der Waals surface area contributed by atoms with E-state index in [1.807, 2.05) is 12.1 Å². The Balaban J connectivity index is 1.70. The van der Waals surface area contributed by atoms with E-state index < -0.39 is 0 Å². The summed E-state index contributed by atoms with van der Waals surface area (Å²) in [5, 5.41) is 0. The highest BCUT2D eigenvalue weighted by Crippen LogP contribution is 2.18. The van der Waals surface area contributed by atoms with E-state index in [1.165, 1.54) is 17.6 Å². The maximum absolute atomic E-state index is 5.49. The van der Waals surface area contributed by atoms with Gasteiger partial charge in [0.2, 0.25) is 0 Å². The van der Waals surface area contributed by atoms with Crippen LogP contribution in [-0.2, 0) is 32.6 Å². The summed E-state index contributed by atoms with van der Waals surface area (Å²) < 4.78 is 37.3. The van der Waals surface area contributed by atoms with Crippen molar-refractivity contribution in [2.24, 2.45) is 0 Å². The molecule has 1 aromatic carbocycles. The van der Waals surface area contributed by atoms with Crippen molar-refractivity contribution in [1.29, 1.82) is 0 Å². The molecule has 162 valence electrons. The quantitative estimate of drug-likeness (QED) is 0.237. The molecule has 0 radical (unpaired) electrons. The zero-order valence-corrected chi connectivity index (χ0v) is 17.9. The van der Waals surface area contributed by atoms with Crippen LogP contribution in [-0.4, -0.2) is 86.4 Å². The highest BCUT2D eigenvalue weighted by atomic mass is 32.2. The third-order valence-corrected chi connectivity index (χ3v) is 4.16. The minimum absolute atomic E-state index is 0.541. The lowest BCUT2D eigenvalue weighted by Gasteiger charge is -2.08. The molecule has 0 bridgehead atoms. The van der Waals surface area contributed by atoms with E-state index in [0.29, 0.717) is 79.3 Å². The van der Waals surface area contributed by atoms with Gasteiger partial charge < -0.3 is 32.6 Å². The number of methoxy groups -OCH3 is 1. The number of hydrogen-bond acceptors (Lipinski definition) is 8. The lowest BCUT2D eigenvalue weighted by atomic mass is 10.2. The van der Waals surface area contributed by atoms with Gasteiger partial charge in [-0.15, -0.1) is 0 Å². The van der Waals surface area contributed by atoms with E-state index in [0.717, 1.165) is 4.90 Å². The van der Waals surface area contributed by atoms with Crippen LogP contribution in [0, 0.1) is 6.92 Å². The first-order chi connectivity index (χ1) is 13.8. The molecule has 0 amide bonds. The van der Waals surface area contributed by atoms with Crippen LogP contribution in [0.1, 0.15) is 5.56 Å². The molecule has 0 aliphatic rings. The van der Waals surface area contributed by atoms with Crippen LogP contribution in [0.3, 0.4) is 0 Å². The molecule has 0 saturated carbocycles. The van der Waals surface area contributed by atoms with Gasteiger partial charge in [0.05, 0.1) is 79.3 Å². The molecule has 0 aliphatic heterocycles. The van der Waals surface area contributed by atoms with Gasteiger partial charge in [-0.1, -0.05) is 17.7 Å². The summed E-state index contributed by atoms with van der Waals surface area (Å²) >= 11 is 1.37. The van der Waals surface area contributed by atoms with Crippen molar-refractivity contribution in [2.75, 3.05) is 86.4 Å². The monoisotopic (exact) mass is 418 g/mol. The lowest BCUT2D eigenvalue weighted by molar-refractivity contribution is -0.0156. The number of hydrogen-bond donors (Lipinski definition) is 0. The minimum atomic E-state index is 0.541. The number of aryl methyl sites for hydroxylation is 1. The Morgan fingerprint density at radius 1 is 0.571 bits per heavy atom. The van der Waals surface area contributed by atoms with Gasteiger partial charge >= 0.3 is 0 Å². The molecular formula is C20H34O7S. The zero-order valence-electron chi connectivity index (χ0n) is 17.1. The van der Waals surface area contributed by atoms with Gasteiger partial charge in [-0.2, -0.15) is 0 Å². The third-order valence-electron chi connectivity index (χ3n) is 3.41. The lowest BCUT2D eigenvalue weighted by Crippen LogP contribution is -2.14. The number of benzene rings is 1. The first-order valence-corrected chi connectivity index (χ1v) is 10.3. The average molecular weight is 419 g/mol. The number of ether oxygens (including phenoxy) is 6. The molecule has 0 aromatic heterocycles. The molecule has 1 rings (SSSR count). The molecule has 8 heteroatoms. The fourth-order valence-corrected chi connectivity index (χ4v) is 2.46. The molecule has 0 saturated heterocycles. The maximum atomic E-state index is 5.49. The summed E-state index contributed by atoms with van der Waals surface area (Å²) in [5.74, 6) is 0. The normalized spacial score (nSPS) is 11.2. The highest BCUT2D eigenvalue weighted by Gasteiger charge is 1.96. The minimum Gasteiger partial charge on any atom is -0.382 e. The van der Waals surface area contributed by atoms with Gasteiger partial charge in [0.15, 0.2) is 0 Å². The van der Waals surface area contributed by atoms with E-state index in [9.17, 15) is 0 Å². The van der Waals surface area contributed by atoms with Crippen molar-refractivity contribution in [3.8, 4) is 0 Å². The molecule has 0 fully saturated rings. The molecule has 0 unspecified atom stereocenters. The van der Waals surface area contributed by atoms with E-state index in [4.69, 9.17) is 32.6 Å². The first-order valence-electron chi connectivity index (χ1n) is 9.56. The van der Waals surface area contributed by atoms with Gasteiger partial charge in [0.25, 0.3) is 0 Å². The van der Waals surface area contributed by atoms with Crippen LogP contribution < -0.4 is 0 Å². The smallest absolute Gasteiger partial charge is 0.0852 e. The first kappa shape index (κ1) is 25.3. The summed E-state index contributed by atoms with van der Waals surface area (Å²) in [6.45, 7) is 8.77. The summed E-state index contributed by atoms with van der Waals surface area (Å²) in [4.78, 5) is 1.09. The third kappa shape index (κ3) is 16.3. The van der Waals surface area contributed by atoms with Gasteiger partial charge in [-0.25, -0.2) is 0 Å². The second-order valence-corrected chi connectivity index (χ2v) is 6.65. The van der Waals surface area contributed by atoms with Crippen molar-refractivity contribution in [1.82, 2.24) is 0 Å². The summed E-state index contributed by atoms with van der Waals surface area (Å²) in [7, 11) is 1.65. The van der Waals surface area contributed by atoms with Crippen molar-refractivity contribution in [2.45, 2.75) is 11.8 Å². The molecule has 28 heavy (non-hydrogen) atoms. The van der Waals surface area contributed by atoms with Crippen LogP contribution >= 0.6 is 12.0 Å². The summed E-state index contributed by atoms with van der Waals surface area (Å²) in [6, 6.07) is 8.22. The van der Waals surface area contributed by atoms with Gasteiger partial charge in [-0.3, -0.25) is 0 Å². The van der Waals surface area contributed by atoms with Gasteiger partial charge in [0.1, 0.15) is 0 Å². The Labute approximate surface area is 173 Å². The van der Waals surface area contributed by atoms with Crippen molar-refractivity contribution in [3.05, 3.63) is 29.8 Å². The topological polar surface area (TPSA) is 64.6 Å². The molecule has 0 aliphatic carbocycles. The predicted molar refractivity (Wildman–Crippen MR) is 109 cm³/mol. The Morgan fingerprint density at radius 3 is 1.39 bits per heavy atom. The molecule has 0 heterocycles. The van der Waals surface area contributed by atoms with Crippen LogP contribution in [0.4, 0.5) is 0 Å². The van der Waals surface area contributed by atoms with E-state index >= 15 is 0 Å². The zero-order chi connectivity index (χ0) is 20.1. The maximum Gasteiger partial charge on any atom is 0.0852 e. The average Bonchev–Trinajstić information content (AvgIpc) is 2.71. The van der Waals surface area contributed by atoms with Gasteiger partial charge in [-0.05, 0) is 19.1 Å². The second kappa shape index (κ2) is 19.6. The molecule has 0 spiro atoms. The summed E-state index contributed by atoms with van der Waals surface area (Å²) in [5.41, 5.74) is 1.24. The van der Waals surface area contributed by atoms with Crippen molar-refractivity contribution < 1.29 is 32.6 Å². The Kier molecular flexibility index (Phi) is 17.7. The Morgan fingerprint density at radius 2 is 0.964 bits per heavy atom. The van der Waals surface area contributed by atoms with Gasteiger partial charge in [0, 0.05) is 24.0 Å². The van der Waals surface area contributed by atoms with Crippen LogP contribution in [0.25, 0.3) is 0 Å². The second-order valence-electron chi connectivity index (χ2n) is 5.77. The molecular weight excluding hydrogens is 384 g/mol. The Hall–Kier alpha value is -0.710. The van der Waals surface area contributed by atoms with E-state index in [-0.39, 0.29) is 0 Å². The molecule has 0 atom stereocenters. The fourth-order valence-electron chi connectivity index (χ4n) is 1.92. The highest BCUT2D eigenvalue weighted by molar-refractivity contribution is 7.94. The van der Waals surface area contributed by atoms with Crippen LogP contribution in [0.15, 0.2) is 29.2 Å². The van der Waals surface area contributed by atoms with Crippen molar-refractivity contribution in [3.63, 3.8) is 0 Å². The van der Waals surface area contributed by atoms with Crippen LogP contribution in [0.5, 0.6) is 0 Å². The largest absolute Gasteiger partial charge is 0.382 e. The molecule has 7 nitrogen and oxygen atoms in total. The van der Waals surface area contributed by atoms with E-state index in [1.54, 1.807) is 7.11 Å². The SMILES string of the molecule is COCCOCCOCCOCCOCCOCCOSc1ccc(C)cc1. The Bertz CT molecular complexity index is 445. The molecule has 1 aromatic rings. The number of rotatable bonds is 20. The molecule has 0 N–H and O–H groups in total. The standard InChI is InChI=1S/C20H34O7S/c1-19-3-5-20(6-4-19)28-27-18-17-26-16-15-25-14-13-24-12-11-23-10-9-22-8-7-21-2/h3-6H,7-18H2,1-2H3. The van der Waals surface area contributed by atoms with E-state index in [2.05, 4.69) is 19.1 Å². The van der Waals surface area contributed by atoms with Crippen molar-refractivity contribution >= 4 is 12.0 Å².